The predicted molar refractivity (Wildman–Crippen MR) is 119 cm³/mol. The number of hydrogen-bond donors (Lipinski definition) is 3. The van der Waals surface area contributed by atoms with Crippen LogP contribution < -0.4 is 16.4 Å². The maximum absolute atomic E-state index is 13.2. The van der Waals surface area contributed by atoms with Crippen molar-refractivity contribution in [2.45, 2.75) is 43.9 Å². The summed E-state index contributed by atoms with van der Waals surface area (Å²) in [6.07, 6.45) is 7.20. The van der Waals surface area contributed by atoms with Crippen molar-refractivity contribution in [1.29, 1.82) is 0 Å². The highest BCUT2D eigenvalue weighted by Gasteiger charge is 2.20. The first-order valence-electron chi connectivity index (χ1n) is 9.90. The molecular formula is C22H25FN4O2S. The molecule has 0 radical (unpaired) electrons. The molecule has 3 rings (SSSR count). The van der Waals surface area contributed by atoms with Crippen LogP contribution in [0, 0.1) is 5.82 Å². The zero-order chi connectivity index (χ0) is 21.3. The van der Waals surface area contributed by atoms with Crippen molar-refractivity contribution in [3.63, 3.8) is 0 Å². The number of thioether (sulfide) groups is 1. The van der Waals surface area contributed by atoms with Crippen LogP contribution >= 0.6 is 11.8 Å². The highest BCUT2D eigenvalue weighted by atomic mass is 32.2. The molecule has 4 N–H and O–H groups in total. The average molecular weight is 429 g/mol. The fraction of sp³-hybridized carbons (Fsp3) is 0.318. The van der Waals surface area contributed by atoms with E-state index in [0.29, 0.717) is 31.4 Å². The lowest BCUT2D eigenvalue weighted by molar-refractivity contribution is -0.121. The van der Waals surface area contributed by atoms with E-state index in [9.17, 15) is 14.0 Å². The minimum atomic E-state index is -0.450. The number of carbonyl (C=O) groups is 2. The molecule has 0 saturated carbocycles. The van der Waals surface area contributed by atoms with E-state index in [4.69, 9.17) is 5.73 Å². The molecule has 6 nitrogen and oxygen atoms in total. The van der Waals surface area contributed by atoms with Gasteiger partial charge in [0.15, 0.2) is 0 Å². The molecule has 1 atom stereocenters. The number of anilines is 2. The molecule has 0 aliphatic carbocycles. The minimum absolute atomic E-state index is 0.0188. The van der Waals surface area contributed by atoms with Gasteiger partial charge in [0.1, 0.15) is 5.82 Å². The van der Waals surface area contributed by atoms with Crippen molar-refractivity contribution in [2.75, 3.05) is 11.1 Å². The van der Waals surface area contributed by atoms with Gasteiger partial charge in [-0.15, -0.1) is 11.8 Å². The van der Waals surface area contributed by atoms with E-state index in [0.717, 1.165) is 18.4 Å². The van der Waals surface area contributed by atoms with Crippen LogP contribution in [0.2, 0.25) is 0 Å². The second-order valence-electron chi connectivity index (χ2n) is 7.12. The Labute approximate surface area is 179 Å². The van der Waals surface area contributed by atoms with Crippen molar-refractivity contribution in [1.82, 2.24) is 10.3 Å². The van der Waals surface area contributed by atoms with Crippen LogP contribution in [0.15, 0.2) is 48.1 Å². The SMILES string of the molecule is Nc1ccc(F)cc1NC(=O)CCCCCC(=O)NC1CC(c2cccnc2)=CS1. The Morgan fingerprint density at radius 2 is 1.97 bits per heavy atom. The van der Waals surface area contributed by atoms with Gasteiger partial charge in [-0.05, 0) is 53.7 Å². The number of halogens is 1. The van der Waals surface area contributed by atoms with Gasteiger partial charge in [-0.1, -0.05) is 12.5 Å². The fourth-order valence-electron chi connectivity index (χ4n) is 3.13. The normalized spacial score (nSPS) is 15.5. The summed E-state index contributed by atoms with van der Waals surface area (Å²) in [5, 5.41) is 7.79. The molecule has 158 valence electrons. The Hall–Kier alpha value is -2.87. The zero-order valence-corrected chi connectivity index (χ0v) is 17.4. The molecule has 0 bridgehead atoms. The fourth-order valence-corrected chi connectivity index (χ4v) is 4.17. The quantitative estimate of drug-likeness (QED) is 0.408. The molecule has 0 saturated heterocycles. The number of aromatic nitrogens is 1. The van der Waals surface area contributed by atoms with Crippen molar-refractivity contribution >= 4 is 40.5 Å². The van der Waals surface area contributed by atoms with Gasteiger partial charge in [0.25, 0.3) is 0 Å². The van der Waals surface area contributed by atoms with Crippen molar-refractivity contribution < 1.29 is 14.0 Å². The maximum atomic E-state index is 13.2. The monoisotopic (exact) mass is 428 g/mol. The van der Waals surface area contributed by atoms with Crippen LogP contribution in [0.1, 0.15) is 44.1 Å². The number of carbonyl (C=O) groups excluding carboxylic acids is 2. The molecule has 1 aromatic carbocycles. The van der Waals surface area contributed by atoms with E-state index < -0.39 is 5.82 Å². The number of rotatable bonds is 9. The van der Waals surface area contributed by atoms with Crippen LogP contribution in [0.25, 0.3) is 5.57 Å². The molecule has 30 heavy (non-hydrogen) atoms. The average Bonchev–Trinajstić information content (AvgIpc) is 3.19. The lowest BCUT2D eigenvalue weighted by Gasteiger charge is -2.12. The second kappa shape index (κ2) is 10.8. The van der Waals surface area contributed by atoms with Crippen molar-refractivity contribution in [3.8, 4) is 0 Å². The van der Waals surface area contributed by atoms with Crippen LogP contribution in [0.5, 0.6) is 0 Å². The first-order chi connectivity index (χ1) is 14.5. The summed E-state index contributed by atoms with van der Waals surface area (Å²) in [6.45, 7) is 0. The number of nitrogens with zero attached hydrogens (tertiary/aromatic N) is 1. The topological polar surface area (TPSA) is 97.1 Å². The van der Waals surface area contributed by atoms with Gasteiger partial charge in [0.2, 0.25) is 11.8 Å². The van der Waals surface area contributed by atoms with E-state index in [1.807, 2.05) is 18.3 Å². The molecule has 8 heteroatoms. The molecule has 1 unspecified atom stereocenters. The molecule has 2 aromatic rings. The maximum Gasteiger partial charge on any atom is 0.224 e. The highest BCUT2D eigenvalue weighted by molar-refractivity contribution is 8.03. The number of unbranched alkanes of at least 4 members (excludes halogenated alkanes) is 2. The van der Waals surface area contributed by atoms with E-state index in [1.54, 1.807) is 18.0 Å². The van der Waals surface area contributed by atoms with Gasteiger partial charge >= 0.3 is 0 Å². The summed E-state index contributed by atoms with van der Waals surface area (Å²) in [7, 11) is 0. The number of nitrogens with two attached hydrogens (primary N) is 1. The summed E-state index contributed by atoms with van der Waals surface area (Å²) >= 11 is 1.61. The number of hydrogen-bond acceptors (Lipinski definition) is 5. The van der Waals surface area contributed by atoms with Crippen LogP contribution in [0.3, 0.4) is 0 Å². The Kier molecular flexibility index (Phi) is 7.84. The Bertz CT molecular complexity index is 921. The van der Waals surface area contributed by atoms with Gasteiger partial charge in [-0.3, -0.25) is 14.6 Å². The molecule has 2 heterocycles. The van der Waals surface area contributed by atoms with E-state index >= 15 is 0 Å². The number of amides is 2. The molecule has 0 spiro atoms. The molecule has 1 aliphatic heterocycles. The Balaban J connectivity index is 1.28. The smallest absolute Gasteiger partial charge is 0.224 e. The summed E-state index contributed by atoms with van der Waals surface area (Å²) in [4.78, 5) is 28.3. The standard InChI is InChI=1S/C22H25FN4O2S/c23-17-8-9-18(24)19(12-17)26-20(28)6-2-1-3-7-21(29)27-22-11-16(14-30-22)15-5-4-10-25-13-15/h4-5,8-10,12-14,22H,1-3,6-7,11,24H2,(H,26,28)(H,27,29). The largest absolute Gasteiger partial charge is 0.397 e. The number of pyridine rings is 1. The van der Waals surface area contributed by atoms with E-state index in [1.165, 1.54) is 23.8 Å². The molecule has 0 fully saturated rings. The van der Waals surface area contributed by atoms with Crippen LogP contribution in [0.4, 0.5) is 15.8 Å². The van der Waals surface area contributed by atoms with Crippen LogP contribution in [-0.4, -0.2) is 22.2 Å². The summed E-state index contributed by atoms with van der Waals surface area (Å²) < 4.78 is 13.2. The first-order valence-corrected chi connectivity index (χ1v) is 10.8. The number of nitrogens with one attached hydrogen (secondary N) is 2. The first kappa shape index (κ1) is 21.8. The Morgan fingerprint density at radius 3 is 2.73 bits per heavy atom. The third-order valence-corrected chi connectivity index (χ3v) is 5.76. The predicted octanol–water partition coefficient (Wildman–Crippen LogP) is 4.31. The third kappa shape index (κ3) is 6.59. The Morgan fingerprint density at radius 1 is 1.17 bits per heavy atom. The summed E-state index contributed by atoms with van der Waals surface area (Å²) in [6, 6.07) is 7.78. The second-order valence-corrected chi connectivity index (χ2v) is 8.20. The van der Waals surface area contributed by atoms with Crippen molar-refractivity contribution in [2.24, 2.45) is 0 Å². The lowest BCUT2D eigenvalue weighted by Crippen LogP contribution is -2.30. The molecule has 1 aromatic heterocycles. The lowest BCUT2D eigenvalue weighted by atomic mass is 10.1. The van der Waals surface area contributed by atoms with Gasteiger partial charge in [-0.25, -0.2) is 4.39 Å². The minimum Gasteiger partial charge on any atom is -0.397 e. The van der Waals surface area contributed by atoms with Crippen LogP contribution in [-0.2, 0) is 9.59 Å². The van der Waals surface area contributed by atoms with Gasteiger partial charge in [0, 0.05) is 31.7 Å². The summed E-state index contributed by atoms with van der Waals surface area (Å²) in [5.41, 5.74) is 8.60. The third-order valence-electron chi connectivity index (χ3n) is 4.73. The molecule has 1 aliphatic rings. The number of nitrogen functional groups attached to an aromatic ring is 1. The zero-order valence-electron chi connectivity index (χ0n) is 16.6. The van der Waals surface area contributed by atoms with Gasteiger partial charge < -0.3 is 16.4 Å². The van der Waals surface area contributed by atoms with E-state index in [2.05, 4.69) is 21.0 Å². The van der Waals surface area contributed by atoms with E-state index in [-0.39, 0.29) is 22.9 Å². The van der Waals surface area contributed by atoms with Gasteiger partial charge in [-0.2, -0.15) is 0 Å². The van der Waals surface area contributed by atoms with Gasteiger partial charge in [0.05, 0.1) is 16.7 Å². The highest BCUT2D eigenvalue weighted by Crippen LogP contribution is 2.34. The molecular weight excluding hydrogens is 403 g/mol. The molecule has 2 amide bonds. The summed E-state index contributed by atoms with van der Waals surface area (Å²) in [5.74, 6) is -0.646. The number of benzene rings is 1. The van der Waals surface area contributed by atoms with Crippen molar-refractivity contribution in [3.05, 3.63) is 59.5 Å².